The van der Waals surface area contributed by atoms with E-state index in [0.29, 0.717) is 11.6 Å². The molecule has 2 heterocycles. The number of rotatable bonds is 3. The van der Waals surface area contributed by atoms with Crippen LogP contribution in [0.15, 0.2) is 42.9 Å². The summed E-state index contributed by atoms with van der Waals surface area (Å²) in [6.45, 7) is 0. The minimum atomic E-state index is 0.618. The zero-order valence-electron chi connectivity index (χ0n) is 11.3. The summed E-state index contributed by atoms with van der Waals surface area (Å²) in [6, 6.07) is 10.0. The molecule has 0 saturated carbocycles. The lowest BCUT2D eigenvalue weighted by molar-refractivity contribution is 0.415. The number of ether oxygens (including phenoxy) is 1. The predicted octanol–water partition coefficient (Wildman–Crippen LogP) is 2.74. The fourth-order valence-corrected chi connectivity index (χ4v) is 2.15. The molecule has 100 valence electrons. The van der Waals surface area contributed by atoms with Gasteiger partial charge in [-0.1, -0.05) is 18.2 Å². The zero-order valence-corrected chi connectivity index (χ0v) is 11.3. The molecule has 0 saturated heterocycles. The number of para-hydroxylation sites is 1. The second-order valence-corrected chi connectivity index (χ2v) is 4.27. The van der Waals surface area contributed by atoms with Crippen molar-refractivity contribution in [1.82, 2.24) is 15.0 Å². The molecule has 0 spiro atoms. The summed E-state index contributed by atoms with van der Waals surface area (Å²) in [7, 11) is 3.41. The quantitative estimate of drug-likeness (QED) is 0.789. The molecule has 0 atom stereocenters. The van der Waals surface area contributed by atoms with Gasteiger partial charge in [0.15, 0.2) is 11.6 Å². The van der Waals surface area contributed by atoms with E-state index < -0.39 is 0 Å². The molecule has 0 radical (unpaired) electrons. The molecule has 3 aromatic rings. The monoisotopic (exact) mass is 266 g/mol. The average molecular weight is 266 g/mol. The molecule has 0 bridgehead atoms. The Morgan fingerprint density at radius 3 is 2.75 bits per heavy atom. The summed E-state index contributed by atoms with van der Waals surface area (Å²) in [6.07, 6.45) is 3.31. The Balaban J connectivity index is 2.20. The van der Waals surface area contributed by atoms with Crippen LogP contribution >= 0.6 is 0 Å². The summed E-state index contributed by atoms with van der Waals surface area (Å²) in [5.41, 5.74) is 2.59. The maximum atomic E-state index is 5.42. The Morgan fingerprint density at radius 1 is 1.10 bits per heavy atom. The van der Waals surface area contributed by atoms with Crippen LogP contribution in [0.3, 0.4) is 0 Å². The summed E-state index contributed by atoms with van der Waals surface area (Å²) in [4.78, 5) is 12.9. The Kier molecular flexibility index (Phi) is 3.16. The second kappa shape index (κ2) is 5.13. The van der Waals surface area contributed by atoms with Crippen LogP contribution in [0.25, 0.3) is 22.2 Å². The van der Waals surface area contributed by atoms with E-state index in [1.165, 1.54) is 6.33 Å². The molecule has 0 aliphatic rings. The third kappa shape index (κ3) is 2.03. The van der Waals surface area contributed by atoms with Crippen LogP contribution in [-0.2, 0) is 0 Å². The predicted molar refractivity (Wildman–Crippen MR) is 78.9 cm³/mol. The minimum absolute atomic E-state index is 0.618. The number of methoxy groups -OCH3 is 1. The third-order valence-electron chi connectivity index (χ3n) is 3.11. The number of nitrogens with zero attached hydrogens (tertiary/aromatic N) is 3. The Bertz CT molecular complexity index is 758. The Labute approximate surface area is 116 Å². The molecule has 2 aromatic heterocycles. The van der Waals surface area contributed by atoms with Crippen molar-refractivity contribution in [2.75, 3.05) is 19.5 Å². The first-order chi connectivity index (χ1) is 9.83. The molecule has 1 aromatic carbocycles. The van der Waals surface area contributed by atoms with Crippen molar-refractivity contribution in [3.05, 3.63) is 42.9 Å². The summed E-state index contributed by atoms with van der Waals surface area (Å²) in [5, 5.41) is 4.06. The number of pyridine rings is 1. The van der Waals surface area contributed by atoms with Crippen molar-refractivity contribution < 1.29 is 4.74 Å². The third-order valence-corrected chi connectivity index (χ3v) is 3.11. The molecule has 3 rings (SSSR count). The van der Waals surface area contributed by atoms with Gasteiger partial charge >= 0.3 is 0 Å². The van der Waals surface area contributed by atoms with Crippen LogP contribution in [0.2, 0.25) is 0 Å². The molecular weight excluding hydrogens is 252 g/mol. The topological polar surface area (TPSA) is 59.9 Å². The molecule has 5 nitrogen and oxygen atoms in total. The molecule has 0 aliphatic carbocycles. The van der Waals surface area contributed by atoms with Crippen LogP contribution in [0.4, 0.5) is 5.82 Å². The summed E-state index contributed by atoms with van der Waals surface area (Å²) in [5.74, 6) is 1.28. The van der Waals surface area contributed by atoms with E-state index in [4.69, 9.17) is 4.74 Å². The lowest BCUT2D eigenvalue weighted by Gasteiger charge is -2.11. The number of aromatic nitrogens is 3. The Hall–Kier alpha value is -2.69. The molecule has 20 heavy (non-hydrogen) atoms. The van der Waals surface area contributed by atoms with Gasteiger partial charge in [-0.15, -0.1) is 0 Å². The van der Waals surface area contributed by atoms with E-state index in [2.05, 4.69) is 20.3 Å². The van der Waals surface area contributed by atoms with Crippen molar-refractivity contribution in [3.63, 3.8) is 0 Å². The lowest BCUT2D eigenvalue weighted by atomic mass is 10.1. The van der Waals surface area contributed by atoms with E-state index in [1.54, 1.807) is 20.4 Å². The largest absolute Gasteiger partial charge is 0.491 e. The SMILES string of the molecule is CNc1ncnc(-c2cnc3ccccc3c2)c1OC. The number of fused-ring (bicyclic) bond motifs is 1. The van der Waals surface area contributed by atoms with Gasteiger partial charge in [0.05, 0.1) is 12.6 Å². The second-order valence-electron chi connectivity index (χ2n) is 4.27. The van der Waals surface area contributed by atoms with Crippen molar-refractivity contribution in [2.45, 2.75) is 0 Å². The van der Waals surface area contributed by atoms with Gasteiger partial charge in [0, 0.05) is 24.2 Å². The molecule has 0 fully saturated rings. The van der Waals surface area contributed by atoms with Crippen LogP contribution < -0.4 is 10.1 Å². The molecule has 5 heteroatoms. The van der Waals surface area contributed by atoms with Gasteiger partial charge in [0.1, 0.15) is 12.0 Å². The minimum Gasteiger partial charge on any atom is -0.491 e. The number of anilines is 1. The van der Waals surface area contributed by atoms with Crippen LogP contribution in [0, 0.1) is 0 Å². The Morgan fingerprint density at radius 2 is 1.95 bits per heavy atom. The highest BCUT2D eigenvalue weighted by molar-refractivity contribution is 5.84. The highest BCUT2D eigenvalue weighted by Crippen LogP contribution is 2.33. The zero-order chi connectivity index (χ0) is 13.9. The van der Waals surface area contributed by atoms with Crippen molar-refractivity contribution in [1.29, 1.82) is 0 Å². The fraction of sp³-hybridized carbons (Fsp3) is 0.133. The normalized spacial score (nSPS) is 10.5. The van der Waals surface area contributed by atoms with E-state index in [1.807, 2.05) is 30.3 Å². The van der Waals surface area contributed by atoms with E-state index in [-0.39, 0.29) is 0 Å². The maximum Gasteiger partial charge on any atom is 0.187 e. The van der Waals surface area contributed by atoms with Gasteiger partial charge in [-0.2, -0.15) is 0 Å². The lowest BCUT2D eigenvalue weighted by Crippen LogP contribution is -2.00. The summed E-state index contributed by atoms with van der Waals surface area (Å²) >= 11 is 0. The molecule has 0 amide bonds. The maximum absolute atomic E-state index is 5.42. The number of benzene rings is 1. The fourth-order valence-electron chi connectivity index (χ4n) is 2.15. The first-order valence-corrected chi connectivity index (χ1v) is 6.25. The van der Waals surface area contributed by atoms with Crippen molar-refractivity contribution in [3.8, 4) is 17.0 Å². The molecular formula is C15H14N4O. The average Bonchev–Trinajstić information content (AvgIpc) is 2.53. The standard InChI is InChI=1S/C15H14N4O/c1-16-15-14(20-2)13(18-9-19-15)11-7-10-5-3-4-6-12(10)17-8-11/h3-9H,1-2H3,(H,16,18,19). The molecule has 0 unspecified atom stereocenters. The van der Waals surface area contributed by atoms with Crippen LogP contribution in [0.1, 0.15) is 0 Å². The molecule has 0 aliphatic heterocycles. The van der Waals surface area contributed by atoms with Gasteiger partial charge in [-0.25, -0.2) is 9.97 Å². The number of hydrogen-bond acceptors (Lipinski definition) is 5. The van der Waals surface area contributed by atoms with Gasteiger partial charge in [-0.3, -0.25) is 4.98 Å². The number of nitrogens with one attached hydrogen (secondary N) is 1. The highest BCUT2D eigenvalue weighted by atomic mass is 16.5. The smallest absolute Gasteiger partial charge is 0.187 e. The van der Waals surface area contributed by atoms with E-state index in [0.717, 1.165) is 22.2 Å². The van der Waals surface area contributed by atoms with Gasteiger partial charge in [0.2, 0.25) is 0 Å². The molecule has 1 N–H and O–H groups in total. The van der Waals surface area contributed by atoms with Crippen molar-refractivity contribution in [2.24, 2.45) is 0 Å². The van der Waals surface area contributed by atoms with Gasteiger partial charge < -0.3 is 10.1 Å². The van der Waals surface area contributed by atoms with Gasteiger partial charge in [-0.05, 0) is 12.1 Å². The van der Waals surface area contributed by atoms with Gasteiger partial charge in [0.25, 0.3) is 0 Å². The van der Waals surface area contributed by atoms with Crippen molar-refractivity contribution >= 4 is 16.7 Å². The van der Waals surface area contributed by atoms with Crippen LogP contribution in [-0.4, -0.2) is 29.1 Å². The van der Waals surface area contributed by atoms with Crippen LogP contribution in [0.5, 0.6) is 5.75 Å². The first kappa shape index (κ1) is 12.3. The first-order valence-electron chi connectivity index (χ1n) is 6.25. The summed E-state index contributed by atoms with van der Waals surface area (Å²) < 4.78 is 5.42. The van der Waals surface area contributed by atoms with E-state index in [9.17, 15) is 0 Å². The highest BCUT2D eigenvalue weighted by Gasteiger charge is 2.13. The number of hydrogen-bond donors (Lipinski definition) is 1. The van der Waals surface area contributed by atoms with E-state index >= 15 is 0 Å².